The minimum Gasteiger partial charge on any atom is -0.355 e. The van der Waals surface area contributed by atoms with E-state index in [-0.39, 0.29) is 17.6 Å². The van der Waals surface area contributed by atoms with Gasteiger partial charge in [-0.3, -0.25) is 9.48 Å². The Bertz CT molecular complexity index is 820. The molecule has 0 aliphatic carbocycles. The summed E-state index contributed by atoms with van der Waals surface area (Å²) >= 11 is 0. The number of aryl methyl sites for hydroxylation is 2. The van der Waals surface area contributed by atoms with Crippen LogP contribution in [-0.2, 0) is 7.05 Å². The van der Waals surface area contributed by atoms with E-state index in [4.69, 9.17) is 4.52 Å². The number of hydrogen-bond donors (Lipinski definition) is 1. The second-order valence-corrected chi connectivity index (χ2v) is 5.48. The SMILES string of the molecule is Cc1nn(C)cc1[C@H](C)NC(=O)c1cc(-c2ccccc2)on1. The monoisotopic (exact) mass is 310 g/mol. The van der Waals surface area contributed by atoms with Gasteiger partial charge in [0.1, 0.15) is 0 Å². The Balaban J connectivity index is 1.74. The molecule has 0 saturated carbocycles. The molecule has 2 aromatic heterocycles. The molecule has 0 unspecified atom stereocenters. The van der Waals surface area contributed by atoms with E-state index in [0.717, 1.165) is 16.8 Å². The lowest BCUT2D eigenvalue weighted by Crippen LogP contribution is -2.27. The second-order valence-electron chi connectivity index (χ2n) is 5.48. The molecule has 0 fully saturated rings. The lowest BCUT2D eigenvalue weighted by atomic mass is 10.1. The van der Waals surface area contributed by atoms with Crippen LogP contribution in [0.25, 0.3) is 11.3 Å². The maximum absolute atomic E-state index is 12.3. The molecular formula is C17H18N4O2. The summed E-state index contributed by atoms with van der Waals surface area (Å²) in [6.07, 6.45) is 1.90. The fraction of sp³-hybridized carbons (Fsp3) is 0.235. The van der Waals surface area contributed by atoms with Gasteiger partial charge in [0.15, 0.2) is 11.5 Å². The van der Waals surface area contributed by atoms with Gasteiger partial charge in [-0.2, -0.15) is 5.10 Å². The molecule has 1 aromatic carbocycles. The van der Waals surface area contributed by atoms with Crippen LogP contribution in [0.2, 0.25) is 0 Å². The van der Waals surface area contributed by atoms with Gasteiger partial charge in [0, 0.05) is 30.4 Å². The first-order valence-electron chi connectivity index (χ1n) is 7.37. The predicted molar refractivity (Wildman–Crippen MR) is 85.8 cm³/mol. The largest absolute Gasteiger partial charge is 0.355 e. The van der Waals surface area contributed by atoms with Gasteiger partial charge in [-0.25, -0.2) is 0 Å². The van der Waals surface area contributed by atoms with Crippen molar-refractivity contribution in [2.75, 3.05) is 0 Å². The average Bonchev–Trinajstić information content (AvgIpc) is 3.15. The molecule has 23 heavy (non-hydrogen) atoms. The third-order valence-electron chi connectivity index (χ3n) is 3.67. The second kappa shape index (κ2) is 6.08. The zero-order valence-electron chi connectivity index (χ0n) is 13.3. The van der Waals surface area contributed by atoms with Gasteiger partial charge in [0.2, 0.25) is 0 Å². The van der Waals surface area contributed by atoms with Crippen LogP contribution in [0.5, 0.6) is 0 Å². The molecule has 0 aliphatic heterocycles. The first-order chi connectivity index (χ1) is 11.0. The van der Waals surface area contributed by atoms with Crippen molar-refractivity contribution >= 4 is 5.91 Å². The minimum atomic E-state index is -0.272. The lowest BCUT2D eigenvalue weighted by Gasteiger charge is -2.11. The Kier molecular flexibility index (Phi) is 3.97. The molecular weight excluding hydrogens is 292 g/mol. The first kappa shape index (κ1) is 15.0. The topological polar surface area (TPSA) is 73.0 Å². The van der Waals surface area contributed by atoms with Gasteiger partial charge in [0.25, 0.3) is 5.91 Å². The number of carbonyl (C=O) groups excluding carboxylic acids is 1. The van der Waals surface area contributed by atoms with Crippen molar-refractivity contribution in [3.63, 3.8) is 0 Å². The van der Waals surface area contributed by atoms with Gasteiger partial charge in [-0.1, -0.05) is 35.5 Å². The van der Waals surface area contributed by atoms with Gasteiger partial charge in [0.05, 0.1) is 11.7 Å². The minimum absolute atomic E-state index is 0.159. The van der Waals surface area contributed by atoms with Crippen molar-refractivity contribution in [2.24, 2.45) is 7.05 Å². The van der Waals surface area contributed by atoms with E-state index in [9.17, 15) is 4.79 Å². The van der Waals surface area contributed by atoms with Crippen LogP contribution in [-0.4, -0.2) is 20.8 Å². The Labute approximate surface area is 134 Å². The maximum atomic E-state index is 12.3. The van der Waals surface area contributed by atoms with Crippen LogP contribution >= 0.6 is 0 Å². The summed E-state index contributed by atoms with van der Waals surface area (Å²) < 4.78 is 6.99. The van der Waals surface area contributed by atoms with Crippen LogP contribution in [0.1, 0.15) is 34.7 Å². The summed E-state index contributed by atoms with van der Waals surface area (Å²) in [6, 6.07) is 11.0. The molecule has 1 atom stereocenters. The summed E-state index contributed by atoms with van der Waals surface area (Å²) in [5, 5.41) is 11.1. The molecule has 6 nitrogen and oxygen atoms in total. The van der Waals surface area contributed by atoms with Crippen molar-refractivity contribution in [3.8, 4) is 11.3 Å². The number of carbonyl (C=O) groups is 1. The summed E-state index contributed by atoms with van der Waals surface area (Å²) in [4.78, 5) is 12.3. The van der Waals surface area contributed by atoms with Crippen molar-refractivity contribution in [1.29, 1.82) is 0 Å². The standard InChI is InChI=1S/C17H18N4O2/c1-11(14-10-21(3)19-12(14)2)18-17(22)15-9-16(23-20-15)13-7-5-4-6-8-13/h4-11H,1-3H3,(H,18,22)/t11-/m0/s1. The highest BCUT2D eigenvalue weighted by Gasteiger charge is 2.18. The zero-order valence-corrected chi connectivity index (χ0v) is 13.3. The molecule has 3 rings (SSSR count). The molecule has 0 saturated heterocycles. The summed E-state index contributed by atoms with van der Waals surface area (Å²) in [6.45, 7) is 3.84. The molecule has 3 aromatic rings. The van der Waals surface area contributed by atoms with E-state index in [0.29, 0.717) is 5.76 Å². The number of hydrogen-bond acceptors (Lipinski definition) is 4. The smallest absolute Gasteiger partial charge is 0.273 e. The van der Waals surface area contributed by atoms with Crippen molar-refractivity contribution in [3.05, 3.63) is 59.5 Å². The molecule has 6 heteroatoms. The third-order valence-corrected chi connectivity index (χ3v) is 3.67. The fourth-order valence-electron chi connectivity index (χ4n) is 2.51. The van der Waals surface area contributed by atoms with Gasteiger partial charge < -0.3 is 9.84 Å². The normalized spacial score (nSPS) is 12.1. The first-order valence-corrected chi connectivity index (χ1v) is 7.37. The van der Waals surface area contributed by atoms with Gasteiger partial charge >= 0.3 is 0 Å². The molecule has 0 radical (unpaired) electrons. The third kappa shape index (κ3) is 3.15. The summed E-state index contributed by atoms with van der Waals surface area (Å²) in [5.74, 6) is 0.299. The Morgan fingerprint density at radius 3 is 2.70 bits per heavy atom. The molecule has 0 spiro atoms. The van der Waals surface area contributed by atoms with Crippen LogP contribution < -0.4 is 5.32 Å². The highest BCUT2D eigenvalue weighted by molar-refractivity contribution is 5.93. The lowest BCUT2D eigenvalue weighted by molar-refractivity contribution is 0.0930. The quantitative estimate of drug-likeness (QED) is 0.804. The van der Waals surface area contributed by atoms with Crippen molar-refractivity contribution < 1.29 is 9.32 Å². The van der Waals surface area contributed by atoms with E-state index >= 15 is 0 Å². The predicted octanol–water partition coefficient (Wildman–Crippen LogP) is 2.87. The van der Waals surface area contributed by atoms with E-state index in [1.807, 2.05) is 57.4 Å². The van der Waals surface area contributed by atoms with Gasteiger partial charge in [-0.05, 0) is 13.8 Å². The maximum Gasteiger partial charge on any atom is 0.273 e. The Morgan fingerprint density at radius 2 is 2.04 bits per heavy atom. The Hall–Kier alpha value is -2.89. The van der Waals surface area contributed by atoms with Crippen LogP contribution in [0.3, 0.4) is 0 Å². The number of rotatable bonds is 4. The number of nitrogens with one attached hydrogen (secondary N) is 1. The van der Waals surface area contributed by atoms with Crippen LogP contribution in [0, 0.1) is 6.92 Å². The average molecular weight is 310 g/mol. The molecule has 0 aliphatic rings. The van der Waals surface area contributed by atoms with Gasteiger partial charge in [-0.15, -0.1) is 0 Å². The van der Waals surface area contributed by atoms with E-state index < -0.39 is 0 Å². The molecule has 2 heterocycles. The number of benzene rings is 1. The number of aromatic nitrogens is 3. The van der Waals surface area contributed by atoms with E-state index in [2.05, 4.69) is 15.6 Å². The van der Waals surface area contributed by atoms with Crippen LogP contribution in [0.4, 0.5) is 0 Å². The number of amides is 1. The van der Waals surface area contributed by atoms with Crippen LogP contribution in [0.15, 0.2) is 47.1 Å². The fourth-order valence-corrected chi connectivity index (χ4v) is 2.51. The Morgan fingerprint density at radius 1 is 1.30 bits per heavy atom. The zero-order chi connectivity index (χ0) is 16.4. The van der Waals surface area contributed by atoms with Crippen molar-refractivity contribution in [2.45, 2.75) is 19.9 Å². The highest BCUT2D eigenvalue weighted by Crippen LogP contribution is 2.21. The highest BCUT2D eigenvalue weighted by atomic mass is 16.5. The van der Waals surface area contributed by atoms with Crippen molar-refractivity contribution in [1.82, 2.24) is 20.3 Å². The summed E-state index contributed by atoms with van der Waals surface area (Å²) in [5.41, 5.74) is 3.02. The van der Waals surface area contributed by atoms with E-state index in [1.54, 1.807) is 10.7 Å². The van der Waals surface area contributed by atoms with E-state index in [1.165, 1.54) is 0 Å². The number of nitrogens with zero attached hydrogens (tertiary/aromatic N) is 3. The molecule has 118 valence electrons. The molecule has 1 N–H and O–H groups in total. The molecule has 0 bridgehead atoms. The summed E-state index contributed by atoms with van der Waals surface area (Å²) in [7, 11) is 1.86. The molecule has 1 amide bonds.